The summed E-state index contributed by atoms with van der Waals surface area (Å²) in [5.41, 5.74) is 10.1. The fourth-order valence-corrected chi connectivity index (χ4v) is 2.47. The van der Waals surface area contributed by atoms with Crippen molar-refractivity contribution >= 4 is 16.9 Å². The predicted octanol–water partition coefficient (Wildman–Crippen LogP) is 2.87. The van der Waals surface area contributed by atoms with Crippen LogP contribution in [0.2, 0.25) is 0 Å². The molecule has 0 aromatic carbocycles. The number of anilines is 1. The Bertz CT molecular complexity index is 970. The molecule has 4 rings (SSSR count). The van der Waals surface area contributed by atoms with Crippen LogP contribution in [0.3, 0.4) is 0 Å². The van der Waals surface area contributed by atoms with E-state index in [1.165, 1.54) is 0 Å². The summed E-state index contributed by atoms with van der Waals surface area (Å²) in [5.74, 6) is 1.17. The first-order chi connectivity index (χ1) is 10.7. The molecule has 0 saturated heterocycles. The number of hydrogen-bond acceptors (Lipinski definition) is 5. The summed E-state index contributed by atoms with van der Waals surface area (Å²) in [4.78, 5) is 8.37. The molecule has 0 fully saturated rings. The molecule has 0 amide bonds. The minimum Gasteiger partial charge on any atom is -0.454 e. The Kier molecular flexibility index (Phi) is 2.69. The zero-order chi connectivity index (χ0) is 15.1. The van der Waals surface area contributed by atoms with Crippen LogP contribution in [0.5, 0.6) is 0 Å². The Morgan fingerprint density at radius 2 is 1.95 bits per heavy atom. The molecule has 0 aliphatic carbocycles. The van der Waals surface area contributed by atoms with E-state index in [-0.39, 0.29) is 0 Å². The molecule has 0 aliphatic heterocycles. The summed E-state index contributed by atoms with van der Waals surface area (Å²) in [6.07, 6.45) is 7.18. The van der Waals surface area contributed by atoms with E-state index in [4.69, 9.17) is 10.2 Å². The SMILES string of the molecule is Cn1cc(-c2ccnc3cc(-c4ccnc(N)c4)oc23)cn1. The second kappa shape index (κ2) is 4.70. The van der Waals surface area contributed by atoms with Gasteiger partial charge in [-0.15, -0.1) is 0 Å². The smallest absolute Gasteiger partial charge is 0.161 e. The van der Waals surface area contributed by atoms with E-state index in [1.807, 2.05) is 31.4 Å². The van der Waals surface area contributed by atoms with Crippen LogP contribution in [0.4, 0.5) is 5.82 Å². The Morgan fingerprint density at radius 3 is 2.73 bits per heavy atom. The Morgan fingerprint density at radius 1 is 1.09 bits per heavy atom. The van der Waals surface area contributed by atoms with Gasteiger partial charge in [-0.2, -0.15) is 5.10 Å². The number of aromatic nitrogens is 4. The summed E-state index contributed by atoms with van der Waals surface area (Å²) in [5, 5.41) is 4.21. The average molecular weight is 291 g/mol. The van der Waals surface area contributed by atoms with Crippen LogP contribution in [0.25, 0.3) is 33.6 Å². The molecule has 2 N–H and O–H groups in total. The maximum Gasteiger partial charge on any atom is 0.161 e. The third-order valence-electron chi connectivity index (χ3n) is 3.49. The number of aryl methyl sites for hydroxylation is 1. The van der Waals surface area contributed by atoms with Gasteiger partial charge in [0, 0.05) is 48.4 Å². The van der Waals surface area contributed by atoms with Crippen molar-refractivity contribution in [1.29, 1.82) is 0 Å². The molecule has 4 aromatic rings. The van der Waals surface area contributed by atoms with E-state index in [2.05, 4.69) is 15.1 Å². The molecule has 22 heavy (non-hydrogen) atoms. The molecule has 0 saturated carbocycles. The van der Waals surface area contributed by atoms with Gasteiger partial charge in [0.25, 0.3) is 0 Å². The van der Waals surface area contributed by atoms with Gasteiger partial charge < -0.3 is 10.2 Å². The molecule has 6 nitrogen and oxygen atoms in total. The highest BCUT2D eigenvalue weighted by Gasteiger charge is 2.13. The van der Waals surface area contributed by atoms with E-state index < -0.39 is 0 Å². The second-order valence-electron chi connectivity index (χ2n) is 5.06. The first-order valence-corrected chi connectivity index (χ1v) is 6.80. The van der Waals surface area contributed by atoms with Crippen molar-refractivity contribution in [1.82, 2.24) is 19.7 Å². The maximum atomic E-state index is 6.02. The van der Waals surface area contributed by atoms with E-state index in [0.717, 1.165) is 27.8 Å². The molecule has 108 valence electrons. The third kappa shape index (κ3) is 2.01. The van der Waals surface area contributed by atoms with E-state index in [9.17, 15) is 0 Å². The van der Waals surface area contributed by atoms with Gasteiger partial charge >= 0.3 is 0 Å². The van der Waals surface area contributed by atoms with Crippen LogP contribution < -0.4 is 5.73 Å². The summed E-state index contributed by atoms with van der Waals surface area (Å²) in [6, 6.07) is 7.47. The van der Waals surface area contributed by atoms with Gasteiger partial charge in [0.15, 0.2) is 5.58 Å². The molecule has 0 radical (unpaired) electrons. The normalized spacial score (nSPS) is 11.1. The number of fused-ring (bicyclic) bond motifs is 1. The lowest BCUT2D eigenvalue weighted by Crippen LogP contribution is -1.88. The minimum absolute atomic E-state index is 0.457. The van der Waals surface area contributed by atoms with Crippen LogP contribution >= 0.6 is 0 Å². The summed E-state index contributed by atoms with van der Waals surface area (Å²) < 4.78 is 7.78. The average Bonchev–Trinajstić information content (AvgIpc) is 3.13. The Hall–Kier alpha value is -3.15. The summed E-state index contributed by atoms with van der Waals surface area (Å²) in [7, 11) is 1.88. The lowest BCUT2D eigenvalue weighted by molar-refractivity contribution is 0.632. The molecular weight excluding hydrogens is 278 g/mol. The first-order valence-electron chi connectivity index (χ1n) is 6.80. The van der Waals surface area contributed by atoms with E-state index in [1.54, 1.807) is 29.3 Å². The van der Waals surface area contributed by atoms with Crippen LogP contribution in [0, 0.1) is 0 Å². The number of furan rings is 1. The molecule has 4 aromatic heterocycles. The molecule has 0 unspecified atom stereocenters. The van der Waals surface area contributed by atoms with Crippen molar-refractivity contribution < 1.29 is 4.42 Å². The zero-order valence-corrected chi connectivity index (χ0v) is 11.9. The molecule has 6 heteroatoms. The number of pyridine rings is 2. The highest BCUT2D eigenvalue weighted by atomic mass is 16.3. The topological polar surface area (TPSA) is 82.8 Å². The van der Waals surface area contributed by atoms with Gasteiger partial charge in [-0.3, -0.25) is 9.67 Å². The van der Waals surface area contributed by atoms with Crippen molar-refractivity contribution in [2.45, 2.75) is 0 Å². The van der Waals surface area contributed by atoms with Crippen LogP contribution in [-0.2, 0) is 7.05 Å². The number of rotatable bonds is 2. The molecule has 0 aliphatic rings. The van der Waals surface area contributed by atoms with Gasteiger partial charge in [-0.1, -0.05) is 0 Å². The quantitative estimate of drug-likeness (QED) is 0.614. The van der Waals surface area contributed by atoms with Gasteiger partial charge in [0.05, 0.1) is 6.20 Å². The zero-order valence-electron chi connectivity index (χ0n) is 11.9. The number of nitrogens with two attached hydrogens (primary N) is 1. The summed E-state index contributed by atoms with van der Waals surface area (Å²) >= 11 is 0. The lowest BCUT2D eigenvalue weighted by atomic mass is 10.1. The highest BCUT2D eigenvalue weighted by Crippen LogP contribution is 2.33. The monoisotopic (exact) mass is 291 g/mol. The van der Waals surface area contributed by atoms with Gasteiger partial charge in [-0.05, 0) is 18.2 Å². The van der Waals surface area contributed by atoms with E-state index in [0.29, 0.717) is 11.6 Å². The first kappa shape index (κ1) is 12.6. The summed E-state index contributed by atoms with van der Waals surface area (Å²) in [6.45, 7) is 0. The van der Waals surface area contributed by atoms with Crippen LogP contribution in [0.15, 0.2) is 53.5 Å². The molecule has 4 heterocycles. The van der Waals surface area contributed by atoms with Crippen LogP contribution in [0.1, 0.15) is 0 Å². The molecular formula is C16H13N5O. The lowest BCUT2D eigenvalue weighted by Gasteiger charge is -1.99. The van der Waals surface area contributed by atoms with Crippen molar-refractivity contribution in [3.63, 3.8) is 0 Å². The Labute approximate surface area is 126 Å². The Balaban J connectivity index is 1.91. The van der Waals surface area contributed by atoms with Crippen molar-refractivity contribution in [3.05, 3.63) is 49.1 Å². The van der Waals surface area contributed by atoms with Crippen molar-refractivity contribution in [3.8, 4) is 22.5 Å². The number of nitrogen functional groups attached to an aromatic ring is 1. The highest BCUT2D eigenvalue weighted by molar-refractivity contribution is 5.92. The van der Waals surface area contributed by atoms with Crippen molar-refractivity contribution in [2.75, 3.05) is 5.73 Å². The third-order valence-corrected chi connectivity index (χ3v) is 3.49. The fraction of sp³-hybridized carbons (Fsp3) is 0.0625. The van der Waals surface area contributed by atoms with Crippen LogP contribution in [-0.4, -0.2) is 19.7 Å². The van der Waals surface area contributed by atoms with Crippen molar-refractivity contribution in [2.24, 2.45) is 7.05 Å². The molecule has 0 bridgehead atoms. The maximum absolute atomic E-state index is 6.02. The van der Waals surface area contributed by atoms with E-state index >= 15 is 0 Å². The number of nitrogens with zero attached hydrogens (tertiary/aromatic N) is 4. The standard InChI is InChI=1S/C16H13N5O/c1-21-9-11(8-20-21)12-3-5-18-13-7-14(22-16(12)13)10-2-4-19-15(17)6-10/h2-9H,1H3,(H2,17,19). The minimum atomic E-state index is 0.457. The molecule has 0 spiro atoms. The largest absolute Gasteiger partial charge is 0.454 e. The molecule has 0 atom stereocenters. The predicted molar refractivity (Wildman–Crippen MR) is 83.9 cm³/mol. The van der Waals surface area contributed by atoms with Gasteiger partial charge in [-0.25, -0.2) is 4.98 Å². The number of hydrogen-bond donors (Lipinski definition) is 1. The fourth-order valence-electron chi connectivity index (χ4n) is 2.47. The van der Waals surface area contributed by atoms with Gasteiger partial charge in [0.1, 0.15) is 17.1 Å². The second-order valence-corrected chi connectivity index (χ2v) is 5.06. The van der Waals surface area contributed by atoms with Gasteiger partial charge in [0.2, 0.25) is 0 Å².